The number of nitrogens with zero attached hydrogens (tertiary/aromatic N) is 1. The Hall–Kier alpha value is -1.40. The predicted molar refractivity (Wildman–Crippen MR) is 41.8 cm³/mol. The van der Waals surface area contributed by atoms with E-state index in [4.69, 9.17) is 0 Å². The smallest absolute Gasteiger partial charge is 0.211 e. The van der Waals surface area contributed by atoms with E-state index in [0.29, 0.717) is 0 Å². The summed E-state index contributed by atoms with van der Waals surface area (Å²) < 4.78 is 0. The summed E-state index contributed by atoms with van der Waals surface area (Å²) in [6.07, 6.45) is 1.53. The van der Waals surface area contributed by atoms with Crippen molar-refractivity contribution in [2.24, 2.45) is 4.99 Å². The fraction of sp³-hybridized carbons (Fsp3) is 0.222. The highest BCUT2D eigenvalue weighted by molar-refractivity contribution is 5.35. The van der Waals surface area contributed by atoms with E-state index in [0.717, 1.165) is 5.56 Å². The van der Waals surface area contributed by atoms with Crippen LogP contribution in [0.4, 0.5) is 0 Å². The van der Waals surface area contributed by atoms with Crippen LogP contribution in [0.5, 0.6) is 0 Å². The van der Waals surface area contributed by atoms with Gasteiger partial charge < -0.3 is 0 Å². The molecule has 0 aliphatic carbocycles. The van der Waals surface area contributed by atoms with Crippen molar-refractivity contribution < 1.29 is 4.79 Å². The first kappa shape index (κ1) is 7.70. The average molecular weight is 146 g/mol. The van der Waals surface area contributed by atoms with E-state index in [1.807, 2.05) is 19.1 Å². The molecule has 0 heterocycles. The summed E-state index contributed by atoms with van der Waals surface area (Å²) in [7, 11) is 0. The van der Waals surface area contributed by atoms with E-state index in [1.165, 1.54) is 6.08 Å². The maximum absolute atomic E-state index is 9.89. The lowest BCUT2D eigenvalue weighted by atomic mass is 10.1. The van der Waals surface area contributed by atoms with Crippen molar-refractivity contribution in [3.63, 3.8) is 0 Å². The quantitative estimate of drug-likeness (QED) is 0.462. The lowest BCUT2D eigenvalue weighted by molar-refractivity contribution is 0.559. The Labute approximate surface area is 65.6 Å². The van der Waals surface area contributed by atoms with Crippen molar-refractivity contribution in [1.82, 2.24) is 0 Å². The van der Waals surface area contributed by atoms with Crippen LogP contribution in [0.15, 0.2) is 29.3 Å². The standard InChI is InChI=1S/C9H8NO/c1-8(10-7-11)9-5-3-2-4-6-9/h3-6,8H,1H3. The summed E-state index contributed by atoms with van der Waals surface area (Å²) in [5.74, 6) is 0. The number of isocyanates is 1. The number of carbonyl (C=O) groups excluding carboxylic acids is 1. The third-order valence-electron chi connectivity index (χ3n) is 1.47. The van der Waals surface area contributed by atoms with Gasteiger partial charge in [0.15, 0.2) is 0 Å². The SMILES string of the molecule is CC(N=C=O)c1cc[c]cc1. The van der Waals surface area contributed by atoms with Crippen LogP contribution >= 0.6 is 0 Å². The molecule has 0 spiro atoms. The van der Waals surface area contributed by atoms with E-state index in [-0.39, 0.29) is 6.04 Å². The zero-order valence-electron chi connectivity index (χ0n) is 6.24. The fourth-order valence-corrected chi connectivity index (χ4v) is 0.832. The largest absolute Gasteiger partial charge is 0.235 e. The molecule has 2 heteroatoms. The number of hydrogen-bond acceptors (Lipinski definition) is 2. The third kappa shape index (κ3) is 2.03. The molecule has 1 aromatic carbocycles. The Morgan fingerprint density at radius 3 is 2.73 bits per heavy atom. The van der Waals surface area contributed by atoms with E-state index in [2.05, 4.69) is 11.1 Å². The van der Waals surface area contributed by atoms with Crippen LogP contribution in [0.3, 0.4) is 0 Å². The minimum absolute atomic E-state index is 0.0953. The Morgan fingerprint density at radius 1 is 1.55 bits per heavy atom. The lowest BCUT2D eigenvalue weighted by Crippen LogP contribution is -1.86. The normalized spacial score (nSPS) is 11.7. The monoisotopic (exact) mass is 146 g/mol. The maximum atomic E-state index is 9.89. The molecule has 0 aliphatic rings. The van der Waals surface area contributed by atoms with Crippen LogP contribution < -0.4 is 0 Å². The van der Waals surface area contributed by atoms with Crippen molar-refractivity contribution >= 4 is 6.08 Å². The van der Waals surface area contributed by atoms with Crippen molar-refractivity contribution in [3.8, 4) is 0 Å². The fourth-order valence-electron chi connectivity index (χ4n) is 0.832. The third-order valence-corrected chi connectivity index (χ3v) is 1.47. The van der Waals surface area contributed by atoms with Gasteiger partial charge in [-0.3, -0.25) is 0 Å². The number of rotatable bonds is 2. The minimum Gasteiger partial charge on any atom is -0.211 e. The van der Waals surface area contributed by atoms with Gasteiger partial charge >= 0.3 is 0 Å². The first-order valence-corrected chi connectivity index (χ1v) is 3.37. The molecule has 11 heavy (non-hydrogen) atoms. The van der Waals surface area contributed by atoms with Crippen LogP contribution in [0, 0.1) is 6.07 Å². The molecule has 1 radical (unpaired) electrons. The summed E-state index contributed by atoms with van der Waals surface area (Å²) >= 11 is 0. The molecule has 1 rings (SSSR count). The van der Waals surface area contributed by atoms with Crippen LogP contribution in [0.25, 0.3) is 0 Å². The molecule has 55 valence electrons. The van der Waals surface area contributed by atoms with Gasteiger partial charge in [0.2, 0.25) is 6.08 Å². The molecule has 0 saturated carbocycles. The van der Waals surface area contributed by atoms with Crippen LogP contribution in [0.2, 0.25) is 0 Å². The van der Waals surface area contributed by atoms with Gasteiger partial charge in [0, 0.05) is 0 Å². The summed E-state index contributed by atoms with van der Waals surface area (Å²) in [5, 5.41) is 0. The van der Waals surface area contributed by atoms with E-state index < -0.39 is 0 Å². The van der Waals surface area contributed by atoms with Gasteiger partial charge in [0.1, 0.15) is 0 Å². The van der Waals surface area contributed by atoms with Gasteiger partial charge in [-0.2, -0.15) is 4.99 Å². The van der Waals surface area contributed by atoms with Crippen LogP contribution in [-0.2, 0) is 4.79 Å². The van der Waals surface area contributed by atoms with Gasteiger partial charge in [0.05, 0.1) is 6.04 Å². The molecule has 0 aliphatic heterocycles. The summed E-state index contributed by atoms with van der Waals surface area (Å²) in [6.45, 7) is 1.85. The molecule has 1 unspecified atom stereocenters. The molecular formula is C9H8NO. The second-order valence-electron chi connectivity index (χ2n) is 2.23. The van der Waals surface area contributed by atoms with Crippen molar-refractivity contribution in [2.45, 2.75) is 13.0 Å². The maximum Gasteiger partial charge on any atom is 0.235 e. The zero-order chi connectivity index (χ0) is 8.10. The minimum atomic E-state index is -0.0953. The predicted octanol–water partition coefficient (Wildman–Crippen LogP) is 1.88. The molecular weight excluding hydrogens is 138 g/mol. The van der Waals surface area contributed by atoms with Gasteiger partial charge in [-0.15, -0.1) is 0 Å². The lowest BCUT2D eigenvalue weighted by Gasteiger charge is -2.01. The summed E-state index contributed by atoms with van der Waals surface area (Å²) in [6, 6.07) is 10.2. The topological polar surface area (TPSA) is 29.4 Å². The number of benzene rings is 1. The molecule has 0 aromatic heterocycles. The zero-order valence-corrected chi connectivity index (χ0v) is 6.24. The van der Waals surface area contributed by atoms with E-state index in [1.54, 1.807) is 12.1 Å². The second kappa shape index (κ2) is 3.69. The number of hydrogen-bond donors (Lipinski definition) is 0. The highest BCUT2D eigenvalue weighted by Crippen LogP contribution is 2.13. The van der Waals surface area contributed by atoms with Gasteiger partial charge in [0.25, 0.3) is 0 Å². The van der Waals surface area contributed by atoms with Crippen molar-refractivity contribution in [2.75, 3.05) is 0 Å². The van der Waals surface area contributed by atoms with Gasteiger partial charge in [-0.05, 0) is 18.6 Å². The summed E-state index contributed by atoms with van der Waals surface area (Å²) in [5.41, 5.74) is 1.01. The molecule has 2 nitrogen and oxygen atoms in total. The first-order chi connectivity index (χ1) is 5.34. The Balaban J connectivity index is 2.84. The molecule has 1 aromatic rings. The van der Waals surface area contributed by atoms with E-state index in [9.17, 15) is 4.79 Å². The highest BCUT2D eigenvalue weighted by atomic mass is 16.1. The molecule has 1 atom stereocenters. The average Bonchev–Trinajstić information content (AvgIpc) is 2.07. The molecule has 0 saturated heterocycles. The summed E-state index contributed by atoms with van der Waals surface area (Å²) in [4.78, 5) is 13.5. The van der Waals surface area contributed by atoms with Crippen LogP contribution in [-0.4, -0.2) is 6.08 Å². The van der Waals surface area contributed by atoms with Gasteiger partial charge in [-0.25, -0.2) is 4.79 Å². The molecule has 0 fully saturated rings. The molecule has 0 amide bonds. The van der Waals surface area contributed by atoms with Crippen molar-refractivity contribution in [1.29, 1.82) is 0 Å². The van der Waals surface area contributed by atoms with Crippen molar-refractivity contribution in [3.05, 3.63) is 35.9 Å². The number of aliphatic imine (C=N–C) groups is 1. The van der Waals surface area contributed by atoms with Crippen LogP contribution in [0.1, 0.15) is 18.5 Å². The highest BCUT2D eigenvalue weighted by Gasteiger charge is 1.99. The Bertz CT molecular complexity index is 262. The van der Waals surface area contributed by atoms with E-state index >= 15 is 0 Å². The molecule has 0 N–H and O–H groups in total. The first-order valence-electron chi connectivity index (χ1n) is 3.37. The van der Waals surface area contributed by atoms with Gasteiger partial charge in [-0.1, -0.05) is 24.3 Å². The second-order valence-corrected chi connectivity index (χ2v) is 2.23. The Kier molecular flexibility index (Phi) is 2.59. The molecule has 0 bridgehead atoms. The Morgan fingerprint density at radius 2 is 2.18 bits per heavy atom.